The number of ether oxygens (including phenoxy) is 8. The molecule has 0 radical (unpaired) electrons. The molecule has 2 aromatic rings. The molecule has 75 heavy (non-hydrogen) atoms. The topological polar surface area (TPSA) is 216 Å². The minimum absolute atomic E-state index is 0.00381. The predicted octanol–water partition coefficient (Wildman–Crippen LogP) is 6.60. The average molecular weight is 1080 g/mol. The number of methoxy groups -OCH3 is 1. The van der Waals surface area contributed by atoms with E-state index in [4.69, 9.17) is 49.5 Å². The summed E-state index contributed by atoms with van der Waals surface area (Å²) in [6.07, 6.45) is -10.7. The van der Waals surface area contributed by atoms with E-state index in [1.807, 2.05) is 69.9 Å². The lowest BCUT2D eigenvalue weighted by atomic mass is 9.77. The number of benzene rings is 2. The first kappa shape index (κ1) is 62.1. The number of amides is 2. The first-order valence-corrected chi connectivity index (χ1v) is 26.7. The van der Waals surface area contributed by atoms with Crippen LogP contribution in [0.15, 0.2) is 48.5 Å². The summed E-state index contributed by atoms with van der Waals surface area (Å²) >= 11 is 6.38. The fourth-order valence-electron chi connectivity index (χ4n) is 11.2. The van der Waals surface area contributed by atoms with Crippen molar-refractivity contribution in [3.8, 4) is 0 Å². The van der Waals surface area contributed by atoms with Gasteiger partial charge in [-0.1, -0.05) is 62.7 Å². The predicted molar refractivity (Wildman–Crippen MR) is 279 cm³/mol. The van der Waals surface area contributed by atoms with Crippen molar-refractivity contribution in [2.24, 2.45) is 17.8 Å². The molecule has 0 aliphatic carbocycles. The molecule has 3 saturated heterocycles. The van der Waals surface area contributed by atoms with E-state index in [1.54, 1.807) is 59.7 Å². The third kappa shape index (κ3) is 16.0. The normalized spacial score (nSPS) is 37.7. The molecule has 0 unspecified atom stereocenters. The van der Waals surface area contributed by atoms with Crippen molar-refractivity contribution >= 4 is 29.8 Å². The van der Waals surface area contributed by atoms with E-state index in [0.717, 1.165) is 5.56 Å². The van der Waals surface area contributed by atoms with Crippen molar-refractivity contribution in [3.05, 3.63) is 70.5 Å². The second-order valence-corrected chi connectivity index (χ2v) is 22.6. The Bertz CT molecular complexity index is 2160. The zero-order valence-electron chi connectivity index (χ0n) is 46.4. The van der Waals surface area contributed by atoms with E-state index in [-0.39, 0.29) is 50.4 Å². The number of aliphatic hydroxyl groups is 3. The van der Waals surface area contributed by atoms with Crippen LogP contribution in [-0.4, -0.2) is 175 Å². The Labute approximate surface area is 448 Å². The first-order chi connectivity index (χ1) is 35.1. The van der Waals surface area contributed by atoms with Crippen molar-refractivity contribution in [3.63, 3.8) is 0 Å². The number of esters is 1. The Balaban J connectivity index is 1.51. The van der Waals surface area contributed by atoms with Crippen LogP contribution in [0, 0.1) is 23.6 Å². The van der Waals surface area contributed by atoms with Gasteiger partial charge in [0.15, 0.2) is 24.8 Å². The van der Waals surface area contributed by atoms with Gasteiger partial charge in [0.2, 0.25) is 0 Å². The van der Waals surface area contributed by atoms with Gasteiger partial charge in [-0.3, -0.25) is 9.69 Å². The number of aliphatic hydroxyl groups excluding tert-OH is 1. The molecule has 5 N–H and O–H groups in total. The number of likely N-dealkylation sites (N-methyl/N-ethyl adjacent to an activating group) is 2. The number of carbonyl (C=O) groups is 3. The van der Waals surface area contributed by atoms with Crippen LogP contribution in [0.3, 0.4) is 0 Å². The highest BCUT2D eigenvalue weighted by Gasteiger charge is 2.54. The number of nitrogens with zero attached hydrogens (tertiary/aromatic N) is 2. The maximum absolute atomic E-state index is 14.9. The molecular formula is C55H86ClFN4O14. The summed E-state index contributed by atoms with van der Waals surface area (Å²) < 4.78 is 64.6. The number of cyclic esters (lactones) is 1. The van der Waals surface area contributed by atoms with Gasteiger partial charge in [0.25, 0.3) is 0 Å². The zero-order chi connectivity index (χ0) is 55.7. The smallest absolute Gasteiger partial charge is 0.407 e. The van der Waals surface area contributed by atoms with Crippen LogP contribution < -0.4 is 10.6 Å². The summed E-state index contributed by atoms with van der Waals surface area (Å²) in [4.78, 5) is 45.7. The molecule has 3 heterocycles. The molecular weight excluding hydrogens is 995 g/mol. The van der Waals surface area contributed by atoms with Crippen LogP contribution in [0.4, 0.5) is 14.0 Å². The van der Waals surface area contributed by atoms with Crippen LogP contribution in [0.2, 0.25) is 5.02 Å². The van der Waals surface area contributed by atoms with Crippen molar-refractivity contribution in [2.75, 3.05) is 41.3 Å². The molecule has 2 amide bonds. The number of hydrogen-bond acceptors (Lipinski definition) is 16. The van der Waals surface area contributed by atoms with Gasteiger partial charge >= 0.3 is 18.2 Å². The lowest BCUT2D eigenvalue weighted by Crippen LogP contribution is -2.61. The van der Waals surface area contributed by atoms with Crippen molar-refractivity contribution in [1.29, 1.82) is 0 Å². The molecule has 18 nitrogen and oxygen atoms in total. The second-order valence-electron chi connectivity index (χ2n) is 22.2. The minimum atomic E-state index is -1.96. The monoisotopic (exact) mass is 1080 g/mol. The largest absolute Gasteiger partial charge is 0.459 e. The fraction of sp³-hybridized carbons (Fsp3) is 0.727. The van der Waals surface area contributed by atoms with E-state index < -0.39 is 114 Å². The van der Waals surface area contributed by atoms with Gasteiger partial charge in [0, 0.05) is 56.2 Å². The molecule has 5 rings (SSSR count). The molecule has 20 heteroatoms. The quantitative estimate of drug-likeness (QED) is 0.0995. The van der Waals surface area contributed by atoms with E-state index in [9.17, 15) is 34.1 Å². The average Bonchev–Trinajstić information content (AvgIpc) is 3.34. The highest BCUT2D eigenvalue weighted by atomic mass is 35.5. The lowest BCUT2D eigenvalue weighted by Gasteiger charge is -2.49. The SMILES string of the molecule is CC[C@H]1OC(=O)[C@H](C)[C@@H](O[C@H]2C[C@@](C)(OC)[C@@H](OC(=O)NCc3ccc(F)cc3)[C@H](C)O2)[C@H](C)[C@@H](O[C@@H]2O[C@H](C)C[C@H](N(C)C)[C@H]2O)[C@@](C)(O)C[C@@H](C)CN(C)[C@H](C)[C@@H](OC(=O)NCCc2ccccc2Cl)[C@]1(C)O. The fourth-order valence-corrected chi connectivity index (χ4v) is 11.5. The third-order valence-corrected chi connectivity index (χ3v) is 15.9. The number of carbonyl (C=O) groups excluding carboxylic acids is 3. The first-order valence-electron chi connectivity index (χ1n) is 26.4. The summed E-state index contributed by atoms with van der Waals surface area (Å²) in [5.74, 6) is -3.50. The Morgan fingerprint density at radius 3 is 2.17 bits per heavy atom. The van der Waals surface area contributed by atoms with Crippen LogP contribution >= 0.6 is 11.6 Å². The van der Waals surface area contributed by atoms with Gasteiger partial charge in [-0.2, -0.15) is 0 Å². The minimum Gasteiger partial charge on any atom is -0.459 e. The highest BCUT2D eigenvalue weighted by Crippen LogP contribution is 2.41. The van der Waals surface area contributed by atoms with E-state index >= 15 is 0 Å². The second kappa shape index (κ2) is 26.8. The number of rotatable bonds is 14. The van der Waals surface area contributed by atoms with Crippen molar-refractivity contribution < 1.29 is 72.0 Å². The highest BCUT2D eigenvalue weighted by molar-refractivity contribution is 6.31. The standard InChI is InChI=1S/C55H86ClFN4O14/c1-15-42-55(10,67)47(74-51(64)58-25-24-38-18-16-17-19-40(38)56)35(6)61(13)30-31(2)27-53(8,66)46(73-50-44(62)41(60(11)12)26-32(3)69-50)33(4)45(34(5)49(63)71-42)72-43-28-54(9,68-14)48(36(7)70-43)75-52(65)59-29-37-20-22-39(57)23-21-37/h16-23,31-36,41-48,50,62,66-67H,15,24-30H2,1-14H3,(H,58,64)(H,59,65)/t31-,32-,33+,34-,35-,36+,41+,42-,43+,44-,45+,46-,47-,48+,50+,53+,54-,55-/m1/s1. The van der Waals surface area contributed by atoms with E-state index in [0.29, 0.717) is 30.0 Å². The van der Waals surface area contributed by atoms with Gasteiger partial charge in [0.05, 0.1) is 35.9 Å². The molecule has 0 saturated carbocycles. The maximum Gasteiger partial charge on any atom is 0.407 e. The Morgan fingerprint density at radius 2 is 1.55 bits per heavy atom. The molecule has 3 fully saturated rings. The molecule has 3 aliphatic heterocycles. The summed E-state index contributed by atoms with van der Waals surface area (Å²) in [5, 5.41) is 43.5. The molecule has 0 aromatic heterocycles. The maximum atomic E-state index is 14.9. The summed E-state index contributed by atoms with van der Waals surface area (Å²) in [7, 11) is 7.03. The number of alkyl carbamates (subject to hydrolysis) is 2. The van der Waals surface area contributed by atoms with Crippen LogP contribution in [0.25, 0.3) is 0 Å². The number of hydrogen-bond donors (Lipinski definition) is 5. The van der Waals surface area contributed by atoms with E-state index in [2.05, 4.69) is 10.6 Å². The zero-order valence-corrected chi connectivity index (χ0v) is 47.2. The van der Waals surface area contributed by atoms with Crippen molar-refractivity contribution in [1.82, 2.24) is 20.4 Å². The summed E-state index contributed by atoms with van der Waals surface area (Å²) in [6.45, 7) is 18.0. The third-order valence-electron chi connectivity index (χ3n) is 15.6. The van der Waals surface area contributed by atoms with Crippen molar-refractivity contribution in [2.45, 2.75) is 198 Å². The van der Waals surface area contributed by atoms with Crippen LogP contribution in [0.1, 0.15) is 106 Å². The molecule has 0 bridgehead atoms. The Kier molecular flexibility index (Phi) is 22.2. The van der Waals surface area contributed by atoms with Gasteiger partial charge in [-0.05, 0) is 131 Å². The van der Waals surface area contributed by atoms with Crippen LogP contribution in [-0.2, 0) is 55.7 Å². The molecule has 424 valence electrons. The van der Waals surface area contributed by atoms with Gasteiger partial charge in [0.1, 0.15) is 29.2 Å². The number of halogens is 2. The van der Waals surface area contributed by atoms with E-state index in [1.165, 1.54) is 26.2 Å². The summed E-state index contributed by atoms with van der Waals surface area (Å²) in [6, 6.07) is 12.0. The van der Waals surface area contributed by atoms with Crippen LogP contribution in [0.5, 0.6) is 0 Å². The summed E-state index contributed by atoms with van der Waals surface area (Å²) in [5.41, 5.74) is -3.37. The Hall–Kier alpha value is -3.73. The van der Waals surface area contributed by atoms with Gasteiger partial charge in [-0.15, -0.1) is 0 Å². The molecule has 2 aromatic carbocycles. The lowest BCUT2D eigenvalue weighted by molar-refractivity contribution is -0.317. The molecule has 3 aliphatic rings. The van der Waals surface area contributed by atoms with Gasteiger partial charge in [-0.25, -0.2) is 14.0 Å². The number of nitrogens with one attached hydrogen (secondary N) is 2. The Morgan fingerprint density at radius 1 is 0.907 bits per heavy atom. The molecule has 18 atom stereocenters. The molecule has 0 spiro atoms. The van der Waals surface area contributed by atoms with Gasteiger partial charge < -0.3 is 68.7 Å².